The van der Waals surface area contributed by atoms with Crippen molar-refractivity contribution in [2.24, 2.45) is 0 Å². The Hall–Kier alpha value is -8.20. The number of para-hydroxylation sites is 1. The van der Waals surface area contributed by atoms with Crippen LogP contribution >= 0.6 is 0 Å². The molecule has 1 heterocycles. The molecule has 0 radical (unpaired) electrons. The van der Waals surface area contributed by atoms with Crippen LogP contribution in [0.25, 0.3) is 98.8 Å². The largest absolute Gasteiger partial charge is 0.456 e. The van der Waals surface area contributed by atoms with E-state index in [1.807, 2.05) is 12.1 Å². The van der Waals surface area contributed by atoms with Crippen molar-refractivity contribution in [3.05, 3.63) is 237 Å². The van der Waals surface area contributed by atoms with Crippen LogP contribution in [0.3, 0.4) is 0 Å². The van der Waals surface area contributed by atoms with Crippen molar-refractivity contribution in [2.75, 3.05) is 4.90 Å². The van der Waals surface area contributed by atoms with Crippen LogP contribution in [0.2, 0.25) is 0 Å². The highest BCUT2D eigenvalue weighted by Gasteiger charge is 2.17. The van der Waals surface area contributed by atoms with E-state index in [-0.39, 0.29) is 0 Å². The fourth-order valence-electron chi connectivity index (χ4n) is 9.41. The van der Waals surface area contributed by atoms with Gasteiger partial charge in [0.1, 0.15) is 11.2 Å². The molecule has 0 aliphatic rings. The van der Waals surface area contributed by atoms with E-state index in [4.69, 9.17) is 4.42 Å². The van der Waals surface area contributed by atoms with Crippen LogP contribution in [0.5, 0.6) is 0 Å². The summed E-state index contributed by atoms with van der Waals surface area (Å²) in [6.07, 6.45) is 0. The first kappa shape index (κ1) is 35.7. The zero-order chi connectivity index (χ0) is 41.0. The standard InChI is InChI=1S/C60H39NO/c1-3-18-51-41(11-1)13-9-21-54(51)47-16-7-14-44(37-47)40-25-31-48(32-26-40)61(50-17-8-15-45(38-50)46-30-36-60-58(39-46)57-20-5-6-24-59(57)62-60)49-33-27-43(28-34-49)53-22-10-23-55-52-19-4-2-12-42(52)29-35-56(53)55/h1-39H. The molecule has 1 aromatic heterocycles. The summed E-state index contributed by atoms with van der Waals surface area (Å²) in [6.45, 7) is 0. The lowest BCUT2D eigenvalue weighted by atomic mass is 9.94. The third-order valence-corrected chi connectivity index (χ3v) is 12.5. The van der Waals surface area contributed by atoms with Gasteiger partial charge < -0.3 is 9.32 Å². The van der Waals surface area contributed by atoms with Crippen LogP contribution in [-0.2, 0) is 0 Å². The molecule has 290 valence electrons. The van der Waals surface area contributed by atoms with Crippen molar-refractivity contribution in [3.63, 3.8) is 0 Å². The molecule has 0 atom stereocenters. The van der Waals surface area contributed by atoms with E-state index < -0.39 is 0 Å². The molecule has 0 fully saturated rings. The molecule has 0 unspecified atom stereocenters. The maximum atomic E-state index is 6.18. The monoisotopic (exact) mass is 789 g/mol. The predicted octanol–water partition coefficient (Wildman–Crippen LogP) is 17.2. The molecule has 62 heavy (non-hydrogen) atoms. The van der Waals surface area contributed by atoms with Gasteiger partial charge in [-0.1, -0.05) is 176 Å². The molecule has 2 nitrogen and oxygen atoms in total. The zero-order valence-corrected chi connectivity index (χ0v) is 33.9. The van der Waals surface area contributed by atoms with E-state index in [1.165, 1.54) is 65.7 Å². The number of rotatable bonds is 7. The van der Waals surface area contributed by atoms with Crippen molar-refractivity contribution in [3.8, 4) is 44.5 Å². The summed E-state index contributed by atoms with van der Waals surface area (Å²) in [5.41, 5.74) is 14.6. The fourth-order valence-corrected chi connectivity index (χ4v) is 9.41. The number of hydrogen-bond donors (Lipinski definition) is 0. The Bertz CT molecular complexity index is 3630. The molecule has 12 aromatic rings. The summed E-state index contributed by atoms with van der Waals surface area (Å²) in [7, 11) is 0. The Labute approximate surface area is 360 Å². The van der Waals surface area contributed by atoms with Crippen LogP contribution in [-0.4, -0.2) is 0 Å². The second kappa shape index (κ2) is 14.8. The first-order valence-electron chi connectivity index (χ1n) is 21.2. The molecule has 0 N–H and O–H groups in total. The van der Waals surface area contributed by atoms with Crippen molar-refractivity contribution >= 4 is 71.3 Å². The first-order valence-corrected chi connectivity index (χ1v) is 21.2. The summed E-state index contributed by atoms with van der Waals surface area (Å²) >= 11 is 0. The maximum absolute atomic E-state index is 6.18. The molecule has 0 aliphatic carbocycles. The quantitative estimate of drug-likeness (QED) is 0.150. The SMILES string of the molecule is c1cc(-c2ccc(N(c3ccc(-c4cccc5c4ccc4ccccc45)cc3)c3cccc(-c4ccc5oc6ccccc6c5c4)c3)cc2)cc(-c2cccc3ccccc23)c1. The van der Waals surface area contributed by atoms with Crippen LogP contribution in [0.15, 0.2) is 241 Å². The van der Waals surface area contributed by atoms with Gasteiger partial charge in [-0.3, -0.25) is 0 Å². The highest BCUT2D eigenvalue weighted by molar-refractivity contribution is 6.12. The molecule has 12 rings (SSSR count). The second-order valence-corrected chi connectivity index (χ2v) is 16.1. The molecule has 0 aliphatic heterocycles. The Morgan fingerprint density at radius 1 is 0.242 bits per heavy atom. The van der Waals surface area contributed by atoms with Gasteiger partial charge in [-0.25, -0.2) is 0 Å². The minimum absolute atomic E-state index is 0.898. The summed E-state index contributed by atoms with van der Waals surface area (Å²) in [5.74, 6) is 0. The Balaban J connectivity index is 0.947. The number of hydrogen-bond acceptors (Lipinski definition) is 2. The minimum atomic E-state index is 0.898. The molecular weight excluding hydrogens is 751 g/mol. The fraction of sp³-hybridized carbons (Fsp3) is 0. The summed E-state index contributed by atoms with van der Waals surface area (Å²) < 4.78 is 6.18. The van der Waals surface area contributed by atoms with E-state index in [9.17, 15) is 0 Å². The van der Waals surface area contributed by atoms with E-state index in [1.54, 1.807) is 0 Å². The lowest BCUT2D eigenvalue weighted by Gasteiger charge is -2.26. The van der Waals surface area contributed by atoms with Crippen molar-refractivity contribution in [1.29, 1.82) is 0 Å². The Morgan fingerprint density at radius 3 is 1.58 bits per heavy atom. The van der Waals surface area contributed by atoms with Crippen molar-refractivity contribution < 1.29 is 4.42 Å². The molecule has 0 amide bonds. The van der Waals surface area contributed by atoms with Gasteiger partial charge in [0.25, 0.3) is 0 Å². The van der Waals surface area contributed by atoms with Gasteiger partial charge in [0.15, 0.2) is 0 Å². The van der Waals surface area contributed by atoms with Crippen LogP contribution < -0.4 is 4.90 Å². The zero-order valence-electron chi connectivity index (χ0n) is 33.9. The van der Waals surface area contributed by atoms with E-state index in [0.29, 0.717) is 0 Å². The second-order valence-electron chi connectivity index (χ2n) is 16.1. The van der Waals surface area contributed by atoms with E-state index in [2.05, 4.69) is 229 Å². The van der Waals surface area contributed by atoms with Crippen LogP contribution in [0, 0.1) is 0 Å². The summed E-state index contributed by atoms with van der Waals surface area (Å²) in [4.78, 5) is 2.37. The number of anilines is 3. The van der Waals surface area contributed by atoms with Gasteiger partial charge in [0.05, 0.1) is 0 Å². The van der Waals surface area contributed by atoms with Crippen molar-refractivity contribution in [2.45, 2.75) is 0 Å². The Kier molecular flexibility index (Phi) is 8.53. The molecule has 0 saturated heterocycles. The van der Waals surface area contributed by atoms with E-state index >= 15 is 0 Å². The van der Waals surface area contributed by atoms with Gasteiger partial charge in [-0.15, -0.1) is 0 Å². The number of fused-ring (bicyclic) bond motifs is 7. The third kappa shape index (κ3) is 6.20. The summed E-state index contributed by atoms with van der Waals surface area (Å²) in [6, 6.07) is 85.6. The van der Waals surface area contributed by atoms with Gasteiger partial charge in [-0.05, 0) is 137 Å². The van der Waals surface area contributed by atoms with E-state index in [0.717, 1.165) is 50.1 Å². The van der Waals surface area contributed by atoms with Crippen LogP contribution in [0.4, 0.5) is 17.1 Å². The highest BCUT2D eigenvalue weighted by atomic mass is 16.3. The highest BCUT2D eigenvalue weighted by Crippen LogP contribution is 2.41. The maximum Gasteiger partial charge on any atom is 0.135 e. The van der Waals surface area contributed by atoms with Gasteiger partial charge in [0.2, 0.25) is 0 Å². The minimum Gasteiger partial charge on any atom is -0.456 e. The Morgan fingerprint density at radius 2 is 0.774 bits per heavy atom. The van der Waals surface area contributed by atoms with Crippen molar-refractivity contribution in [1.82, 2.24) is 0 Å². The molecule has 0 saturated carbocycles. The number of furan rings is 1. The van der Waals surface area contributed by atoms with Gasteiger partial charge in [0, 0.05) is 27.8 Å². The molecule has 11 aromatic carbocycles. The first-order chi connectivity index (χ1) is 30.7. The molecule has 0 bridgehead atoms. The molecule has 0 spiro atoms. The average molecular weight is 790 g/mol. The smallest absolute Gasteiger partial charge is 0.135 e. The normalized spacial score (nSPS) is 11.5. The lowest BCUT2D eigenvalue weighted by Crippen LogP contribution is -2.10. The van der Waals surface area contributed by atoms with Gasteiger partial charge >= 0.3 is 0 Å². The average Bonchev–Trinajstić information content (AvgIpc) is 3.72. The van der Waals surface area contributed by atoms with Crippen LogP contribution in [0.1, 0.15) is 0 Å². The summed E-state index contributed by atoms with van der Waals surface area (Å²) in [5, 5.41) is 9.82. The van der Waals surface area contributed by atoms with Gasteiger partial charge in [-0.2, -0.15) is 0 Å². The third-order valence-electron chi connectivity index (χ3n) is 12.5. The predicted molar refractivity (Wildman–Crippen MR) is 263 cm³/mol. The molecule has 2 heteroatoms. The number of nitrogens with zero attached hydrogens (tertiary/aromatic N) is 1. The topological polar surface area (TPSA) is 16.4 Å². The number of benzene rings is 11. The molecular formula is C60H39NO. The lowest BCUT2D eigenvalue weighted by molar-refractivity contribution is 0.669.